The summed E-state index contributed by atoms with van der Waals surface area (Å²) in [7, 11) is 0. The summed E-state index contributed by atoms with van der Waals surface area (Å²) in [4.78, 5) is 2.36. The maximum absolute atomic E-state index is 9.40. The predicted octanol–water partition coefficient (Wildman–Crippen LogP) is 5.08. The van der Waals surface area contributed by atoms with Crippen molar-refractivity contribution in [2.45, 2.75) is 65.6 Å². The van der Waals surface area contributed by atoms with E-state index in [-0.39, 0.29) is 24.7 Å². The molecule has 196 valence electrons. The summed E-state index contributed by atoms with van der Waals surface area (Å²) in [6.07, 6.45) is 1.83. The Morgan fingerprint density at radius 1 is 0.892 bits per heavy atom. The van der Waals surface area contributed by atoms with Crippen LogP contribution in [-0.2, 0) is 39.3 Å². The highest BCUT2D eigenvalue weighted by atomic mass is 16.5. The number of benzene rings is 1. The Hall–Kier alpha value is -3.33. The molecule has 0 radical (unpaired) electrons. The van der Waals surface area contributed by atoms with E-state index in [1.54, 1.807) is 0 Å². The minimum absolute atomic E-state index is 0.0124. The fraction of sp³-hybridized carbons (Fsp3) is 0.414. The van der Waals surface area contributed by atoms with Gasteiger partial charge in [0.2, 0.25) is 0 Å². The minimum Gasteiger partial charge on any atom is -0.486 e. The average molecular weight is 507 g/mol. The molecular formula is C29H34N2O6. The highest BCUT2D eigenvalue weighted by Crippen LogP contribution is 2.51. The molecule has 8 nitrogen and oxygen atoms in total. The molecule has 37 heavy (non-hydrogen) atoms. The van der Waals surface area contributed by atoms with Crippen molar-refractivity contribution in [3.8, 4) is 5.75 Å². The standard InChI is InChI=1S/C29H34N2O6/c1-29(2)20(12-21-14-27(37-30-21)19-34-22-6-4-3-5-7-22)13-28(29)31(15-23-8-10-25(17-32)35-23)16-24-9-11-26(18-33)36-24/h3-11,14,20,28,32-33H,12-13,15-19H2,1-2H3. The number of ether oxygens (including phenoxy) is 1. The van der Waals surface area contributed by atoms with Crippen LogP contribution in [0.1, 0.15) is 54.8 Å². The molecular weight excluding hydrogens is 472 g/mol. The first-order valence-electron chi connectivity index (χ1n) is 12.7. The lowest BCUT2D eigenvalue weighted by Gasteiger charge is -2.56. The minimum atomic E-state index is -0.120. The zero-order chi connectivity index (χ0) is 25.8. The lowest BCUT2D eigenvalue weighted by atomic mass is 9.56. The number of hydrogen-bond donors (Lipinski definition) is 2. The van der Waals surface area contributed by atoms with Gasteiger partial charge in [0.15, 0.2) is 5.76 Å². The molecule has 1 aliphatic carbocycles. The zero-order valence-corrected chi connectivity index (χ0v) is 21.3. The highest BCUT2D eigenvalue weighted by molar-refractivity contribution is 5.21. The third-order valence-electron chi connectivity index (χ3n) is 7.51. The van der Waals surface area contributed by atoms with E-state index < -0.39 is 0 Å². The molecule has 2 atom stereocenters. The van der Waals surface area contributed by atoms with Crippen molar-refractivity contribution in [1.29, 1.82) is 0 Å². The van der Waals surface area contributed by atoms with Crippen LogP contribution in [0.4, 0.5) is 0 Å². The van der Waals surface area contributed by atoms with E-state index in [1.807, 2.05) is 60.7 Å². The largest absolute Gasteiger partial charge is 0.486 e. The Bertz CT molecular complexity index is 1230. The molecule has 5 rings (SSSR count). The van der Waals surface area contributed by atoms with Crippen LogP contribution in [0.15, 0.2) is 74.0 Å². The van der Waals surface area contributed by atoms with E-state index in [4.69, 9.17) is 18.1 Å². The quantitative estimate of drug-likeness (QED) is 0.274. The average Bonchev–Trinajstić information content (AvgIpc) is 3.66. The van der Waals surface area contributed by atoms with Gasteiger partial charge in [0.25, 0.3) is 0 Å². The molecule has 4 aromatic rings. The van der Waals surface area contributed by atoms with E-state index in [0.29, 0.717) is 42.9 Å². The third kappa shape index (κ3) is 5.82. The van der Waals surface area contributed by atoms with Crippen LogP contribution in [0, 0.1) is 11.3 Å². The molecule has 2 N–H and O–H groups in total. The maximum atomic E-state index is 9.40. The summed E-state index contributed by atoms with van der Waals surface area (Å²) in [5, 5.41) is 23.1. The van der Waals surface area contributed by atoms with Crippen molar-refractivity contribution in [2.24, 2.45) is 11.3 Å². The van der Waals surface area contributed by atoms with Crippen LogP contribution in [0.5, 0.6) is 5.75 Å². The van der Waals surface area contributed by atoms with Gasteiger partial charge < -0.3 is 28.3 Å². The first kappa shape index (κ1) is 25.3. The summed E-state index contributed by atoms with van der Waals surface area (Å²) in [6, 6.07) is 19.4. The summed E-state index contributed by atoms with van der Waals surface area (Å²) < 4.78 is 22.9. The molecule has 1 saturated carbocycles. The second-order valence-corrected chi connectivity index (χ2v) is 10.3. The lowest BCUT2D eigenvalue weighted by molar-refractivity contribution is -0.0754. The van der Waals surface area contributed by atoms with Gasteiger partial charge in [-0.25, -0.2) is 0 Å². The maximum Gasteiger partial charge on any atom is 0.174 e. The van der Waals surface area contributed by atoms with Gasteiger partial charge in [-0.05, 0) is 60.6 Å². The van der Waals surface area contributed by atoms with Gasteiger partial charge in [0.1, 0.15) is 48.6 Å². The Morgan fingerprint density at radius 3 is 2.08 bits per heavy atom. The van der Waals surface area contributed by atoms with Crippen LogP contribution < -0.4 is 4.74 Å². The van der Waals surface area contributed by atoms with Crippen LogP contribution in [0.2, 0.25) is 0 Å². The molecule has 0 aliphatic heterocycles. The van der Waals surface area contributed by atoms with E-state index in [0.717, 1.165) is 35.8 Å². The van der Waals surface area contributed by atoms with Crippen molar-refractivity contribution < 1.29 is 28.3 Å². The van der Waals surface area contributed by atoms with Gasteiger partial charge in [-0.2, -0.15) is 0 Å². The van der Waals surface area contributed by atoms with Gasteiger partial charge in [-0.1, -0.05) is 37.2 Å². The Labute approximate surface area is 216 Å². The summed E-state index contributed by atoms with van der Waals surface area (Å²) >= 11 is 0. The number of para-hydroxylation sites is 1. The number of nitrogens with zero attached hydrogens (tertiary/aromatic N) is 2. The van der Waals surface area contributed by atoms with Crippen molar-refractivity contribution >= 4 is 0 Å². The van der Waals surface area contributed by atoms with Gasteiger partial charge in [0.05, 0.1) is 18.8 Å². The van der Waals surface area contributed by atoms with Gasteiger partial charge in [-0.15, -0.1) is 0 Å². The van der Waals surface area contributed by atoms with E-state index in [1.165, 1.54) is 0 Å². The number of hydrogen-bond acceptors (Lipinski definition) is 8. The topological polar surface area (TPSA) is 105 Å². The number of aliphatic hydroxyl groups is 2. The van der Waals surface area contributed by atoms with Gasteiger partial charge in [0, 0.05) is 12.1 Å². The molecule has 3 aromatic heterocycles. The Balaban J connectivity index is 1.24. The molecule has 0 bridgehead atoms. The first-order chi connectivity index (χ1) is 17.9. The molecule has 0 spiro atoms. The van der Waals surface area contributed by atoms with Crippen molar-refractivity contribution in [1.82, 2.24) is 10.1 Å². The van der Waals surface area contributed by atoms with Crippen LogP contribution in [0.3, 0.4) is 0 Å². The monoisotopic (exact) mass is 506 g/mol. The van der Waals surface area contributed by atoms with Gasteiger partial charge >= 0.3 is 0 Å². The zero-order valence-electron chi connectivity index (χ0n) is 21.3. The molecule has 3 heterocycles. The Kier molecular flexibility index (Phi) is 7.50. The number of rotatable bonds is 12. The number of aliphatic hydroxyl groups excluding tert-OH is 2. The number of aromatic nitrogens is 1. The summed E-state index contributed by atoms with van der Waals surface area (Å²) in [5.74, 6) is 4.66. The Morgan fingerprint density at radius 2 is 1.51 bits per heavy atom. The SMILES string of the molecule is CC1(C)C(Cc2cc(COc3ccccc3)on2)CC1N(Cc1ccc(CO)o1)Cc1ccc(CO)o1. The molecule has 0 saturated heterocycles. The summed E-state index contributed by atoms with van der Waals surface area (Å²) in [5.41, 5.74) is 0.949. The van der Waals surface area contributed by atoms with E-state index >= 15 is 0 Å². The van der Waals surface area contributed by atoms with Crippen molar-refractivity contribution in [3.63, 3.8) is 0 Å². The smallest absolute Gasteiger partial charge is 0.174 e. The van der Waals surface area contributed by atoms with E-state index in [2.05, 4.69) is 23.9 Å². The third-order valence-corrected chi connectivity index (χ3v) is 7.51. The predicted molar refractivity (Wildman–Crippen MR) is 135 cm³/mol. The van der Waals surface area contributed by atoms with E-state index in [9.17, 15) is 10.2 Å². The molecule has 2 unspecified atom stereocenters. The molecule has 1 fully saturated rings. The first-order valence-corrected chi connectivity index (χ1v) is 12.7. The van der Waals surface area contributed by atoms with Crippen LogP contribution in [0.25, 0.3) is 0 Å². The molecule has 8 heteroatoms. The van der Waals surface area contributed by atoms with Gasteiger partial charge in [-0.3, -0.25) is 4.90 Å². The highest BCUT2D eigenvalue weighted by Gasteiger charge is 2.50. The normalized spacial score (nSPS) is 18.7. The fourth-order valence-corrected chi connectivity index (χ4v) is 5.26. The molecule has 1 aliphatic rings. The summed E-state index contributed by atoms with van der Waals surface area (Å²) in [6.45, 7) is 5.89. The second-order valence-electron chi connectivity index (χ2n) is 10.3. The number of furan rings is 2. The van der Waals surface area contributed by atoms with Crippen molar-refractivity contribution in [2.75, 3.05) is 0 Å². The van der Waals surface area contributed by atoms with Crippen LogP contribution in [-0.4, -0.2) is 26.3 Å². The lowest BCUT2D eigenvalue weighted by Crippen LogP contribution is -2.58. The fourth-order valence-electron chi connectivity index (χ4n) is 5.26. The molecule has 0 amide bonds. The van der Waals surface area contributed by atoms with Crippen molar-refractivity contribution in [3.05, 3.63) is 95.2 Å². The second kappa shape index (κ2) is 11.0. The van der Waals surface area contributed by atoms with Crippen LogP contribution >= 0.6 is 0 Å². The molecule has 1 aromatic carbocycles.